The number of carbonyl (C=O) groups excluding carboxylic acids is 5. The number of benzene rings is 3. The van der Waals surface area contributed by atoms with Crippen molar-refractivity contribution in [3.63, 3.8) is 0 Å². The Bertz CT molecular complexity index is 3350. The molecule has 23 heteroatoms. The largest absolute Gasteiger partial charge is 0.479 e. The molecule has 0 spiro atoms. The highest BCUT2D eigenvalue weighted by atomic mass is 16.7. The van der Waals surface area contributed by atoms with Gasteiger partial charge in [0.15, 0.2) is 24.0 Å². The molecule has 3 amide bonds. The molecule has 1 aromatic heterocycles. The number of aliphatic hydroxyl groups excluding tert-OH is 5. The summed E-state index contributed by atoms with van der Waals surface area (Å²) in [6.07, 6.45) is 1.59. The zero-order valence-electron chi connectivity index (χ0n) is 47.1. The SMILES string of the molecule is C[C@]12C=CC(=O)C=C1CC[C@@H]1[C@@H]2[C@@H](O)C[C@@]2(C)[C@H]1C[C@H]1CN(c3ccc(CC45CC(NC(=O)OCc6ccc(O[C@@H]7O[C@H](C(=O)O)[C@@H](O)[C@H](O)[C@H]7O)c(NC(=O)CCNC(=O)Cc7ccc(-c8nncnn8)cc7)c6)(C4)C5)cc3)C[C@]12C(=O)CO. The summed E-state index contributed by atoms with van der Waals surface area (Å²) in [5.74, 6) is -2.15. The first-order valence-corrected chi connectivity index (χ1v) is 29.1. The minimum atomic E-state index is -1.97. The molecule has 0 radical (unpaired) electrons. The third kappa shape index (κ3) is 10.3. The summed E-state index contributed by atoms with van der Waals surface area (Å²) in [5.41, 5.74) is 2.85. The van der Waals surface area contributed by atoms with Crippen LogP contribution in [0.1, 0.15) is 81.9 Å². The van der Waals surface area contributed by atoms with Crippen LogP contribution in [-0.2, 0) is 52.9 Å². The van der Waals surface area contributed by atoms with E-state index in [1.165, 1.54) is 24.5 Å². The van der Waals surface area contributed by atoms with Gasteiger partial charge in [0.1, 0.15) is 37.3 Å². The molecule has 3 heterocycles. The fraction of sp³-hybridized carbons (Fsp3) is 0.516. The van der Waals surface area contributed by atoms with E-state index >= 15 is 0 Å². The van der Waals surface area contributed by atoms with Crippen molar-refractivity contribution in [2.24, 2.45) is 45.3 Å². The number of hydrogen-bond acceptors (Lipinski definition) is 19. The predicted molar refractivity (Wildman–Crippen MR) is 301 cm³/mol. The van der Waals surface area contributed by atoms with E-state index in [9.17, 15) is 59.4 Å². The number of carbonyl (C=O) groups is 6. The highest BCUT2D eigenvalue weighted by molar-refractivity contribution is 6.01. The number of ketones is 2. The lowest BCUT2D eigenvalue weighted by Gasteiger charge is -2.70. The molecule has 9 N–H and O–H groups in total. The quantitative estimate of drug-likeness (QED) is 0.0691. The number of aromatic nitrogens is 4. The van der Waals surface area contributed by atoms with Gasteiger partial charge in [0, 0.05) is 54.2 Å². The van der Waals surface area contributed by atoms with Crippen molar-refractivity contribution >= 4 is 46.8 Å². The van der Waals surface area contributed by atoms with Crippen LogP contribution in [-0.4, -0.2) is 155 Å². The lowest BCUT2D eigenvalue weighted by Crippen LogP contribution is -2.75. The highest BCUT2D eigenvalue weighted by Crippen LogP contribution is 2.73. The molecule has 13 rings (SSSR count). The molecule has 13 atom stereocenters. The van der Waals surface area contributed by atoms with Gasteiger partial charge in [0.05, 0.1) is 23.6 Å². The van der Waals surface area contributed by atoms with Gasteiger partial charge in [-0.05, 0) is 133 Å². The third-order valence-corrected chi connectivity index (χ3v) is 20.5. The first kappa shape index (κ1) is 57.9. The Labute approximate surface area is 489 Å². The standard InChI is InChI=1S/C62H70N8O15/c1-58-17-15-40(72)21-37(58)10-13-41-42-22-38-25-70(31-62(38,46(74)26-71)59(42,2)24-44(73)49(41)58)39-11-5-34(6-12-39)23-60-28-61(29-60,30-60)67-57(82)83-27-35-7-14-45(84-56-52(79)50(77)51(78)53(85-56)55(80)81)43(19-35)66-47(75)16-18-63-48(76)20-33-3-8-36(9-4-33)54-68-64-32-65-69-54/h3-9,11-12,14-15,17,19,21,32,38,41-42,44,49-53,56,71,73,77-79H,10,13,16,18,20,22-31H2,1-2H3,(H,63,76)(H,66,75)(H,67,82)(H,80,81)/t38-,41-,42-,44-,49+,50-,51-,52+,53-,56+,58-,59-,60?,61?,62+/m0/s1. The average molecular weight is 1170 g/mol. The highest BCUT2D eigenvalue weighted by Gasteiger charge is 2.73. The van der Waals surface area contributed by atoms with Crippen LogP contribution in [0.2, 0.25) is 0 Å². The van der Waals surface area contributed by atoms with Gasteiger partial charge < -0.3 is 65.7 Å². The summed E-state index contributed by atoms with van der Waals surface area (Å²) in [6.45, 7) is 4.64. The van der Waals surface area contributed by atoms with Gasteiger partial charge in [-0.3, -0.25) is 19.2 Å². The summed E-state index contributed by atoms with van der Waals surface area (Å²) in [4.78, 5) is 80.2. The van der Waals surface area contributed by atoms with Gasteiger partial charge >= 0.3 is 12.1 Å². The van der Waals surface area contributed by atoms with Crippen molar-refractivity contribution in [2.75, 3.05) is 36.5 Å². The molecule has 2 bridgehead atoms. The van der Waals surface area contributed by atoms with Crippen molar-refractivity contribution in [1.29, 1.82) is 0 Å². The molecule has 6 saturated carbocycles. The minimum absolute atomic E-state index is 0.00169. The van der Waals surface area contributed by atoms with Crippen LogP contribution < -0.4 is 25.6 Å². The first-order valence-electron chi connectivity index (χ1n) is 29.1. The molecular formula is C62H70N8O15. The molecule has 8 fully saturated rings. The zero-order chi connectivity index (χ0) is 59.8. The Balaban J connectivity index is 0.641. The number of alkyl carbamates (subject to hydrolysis) is 1. The van der Waals surface area contributed by atoms with E-state index in [2.05, 4.69) is 79.4 Å². The number of nitrogens with zero attached hydrogens (tertiary/aromatic N) is 5. The zero-order valence-corrected chi connectivity index (χ0v) is 47.1. The monoisotopic (exact) mass is 1170 g/mol. The molecule has 0 unspecified atom stereocenters. The number of aliphatic carboxylic acids is 1. The van der Waals surface area contributed by atoms with Crippen LogP contribution in [0.3, 0.4) is 0 Å². The second-order valence-corrected chi connectivity index (χ2v) is 25.5. The summed E-state index contributed by atoms with van der Waals surface area (Å²) in [5, 5.41) is 87.4. The number of nitrogens with one attached hydrogen (secondary N) is 3. The number of allylic oxidation sites excluding steroid dienone is 4. The van der Waals surface area contributed by atoms with Gasteiger partial charge in [-0.15, -0.1) is 20.4 Å². The second-order valence-electron chi connectivity index (χ2n) is 25.5. The Hall–Kier alpha value is -7.54. The Morgan fingerprint density at radius 2 is 1.59 bits per heavy atom. The van der Waals surface area contributed by atoms with Crippen LogP contribution in [0.5, 0.6) is 5.75 Å². The van der Waals surface area contributed by atoms with Crippen molar-refractivity contribution in [3.05, 3.63) is 114 Å². The molecule has 3 aromatic carbocycles. The number of carboxylic acid groups (broad SMARTS) is 1. The average Bonchev–Trinajstić information content (AvgIpc) is 1.27. The van der Waals surface area contributed by atoms with Gasteiger partial charge in [0.25, 0.3) is 0 Å². The Morgan fingerprint density at radius 1 is 0.871 bits per heavy atom. The molecule has 4 aromatic rings. The number of aliphatic hydroxyl groups is 5. The molecule has 2 saturated heterocycles. The van der Waals surface area contributed by atoms with E-state index < -0.39 is 83.2 Å². The summed E-state index contributed by atoms with van der Waals surface area (Å²) >= 11 is 0. The van der Waals surface area contributed by atoms with Gasteiger partial charge in [0.2, 0.25) is 23.9 Å². The molecule has 2 aliphatic heterocycles. The van der Waals surface area contributed by atoms with Gasteiger partial charge in [-0.2, -0.15) is 0 Å². The van der Waals surface area contributed by atoms with Gasteiger partial charge in [-0.25, -0.2) is 9.59 Å². The summed E-state index contributed by atoms with van der Waals surface area (Å²) < 4.78 is 16.8. The Kier molecular flexibility index (Phi) is 15.0. The summed E-state index contributed by atoms with van der Waals surface area (Å²) in [6, 6.07) is 19.7. The van der Waals surface area contributed by atoms with E-state index in [0.29, 0.717) is 42.0 Å². The van der Waals surface area contributed by atoms with E-state index in [-0.39, 0.29) is 84.0 Å². The van der Waals surface area contributed by atoms with Crippen molar-refractivity contribution < 1.29 is 73.6 Å². The fourth-order valence-corrected chi connectivity index (χ4v) is 16.7. The smallest absolute Gasteiger partial charge is 0.407 e. The number of carboxylic acids is 1. The van der Waals surface area contributed by atoms with E-state index in [4.69, 9.17) is 14.2 Å². The third-order valence-electron chi connectivity index (χ3n) is 20.5. The maximum absolute atomic E-state index is 14.2. The number of ether oxygens (including phenoxy) is 3. The number of Topliss-reactive ketones (excluding diaryl/α,β-unsaturated/α-hetero) is 1. The topological polar surface area (TPSA) is 342 Å². The van der Waals surface area contributed by atoms with E-state index in [1.807, 2.05) is 6.08 Å². The van der Waals surface area contributed by atoms with E-state index in [1.54, 1.807) is 36.4 Å². The fourth-order valence-electron chi connectivity index (χ4n) is 16.7. The maximum Gasteiger partial charge on any atom is 0.407 e. The summed E-state index contributed by atoms with van der Waals surface area (Å²) in [7, 11) is 0. The maximum atomic E-state index is 14.2. The van der Waals surface area contributed by atoms with Gasteiger partial charge in [-0.1, -0.05) is 68.0 Å². The lowest BCUT2D eigenvalue weighted by molar-refractivity contribution is -0.271. The molecule has 23 nitrogen and oxygen atoms in total. The molecule has 7 aliphatic carbocycles. The van der Waals surface area contributed by atoms with Crippen LogP contribution in [0.4, 0.5) is 16.2 Å². The number of hydrogen-bond donors (Lipinski definition) is 9. The number of rotatable bonds is 18. The Morgan fingerprint density at radius 3 is 2.31 bits per heavy atom. The number of fused-ring (bicyclic) bond motifs is 7. The lowest BCUT2D eigenvalue weighted by atomic mass is 9.38. The molecular weight excluding hydrogens is 1100 g/mol. The molecule has 9 aliphatic rings. The predicted octanol–water partition coefficient (Wildman–Crippen LogP) is 3.16. The van der Waals surface area contributed by atoms with Crippen LogP contribution in [0.25, 0.3) is 11.4 Å². The normalized spacial score (nSPS) is 34.6. The van der Waals surface area contributed by atoms with Crippen LogP contribution >= 0.6 is 0 Å². The van der Waals surface area contributed by atoms with Crippen molar-refractivity contribution in [1.82, 2.24) is 31.0 Å². The first-order chi connectivity index (χ1) is 40.6. The molecule has 85 heavy (non-hydrogen) atoms. The van der Waals surface area contributed by atoms with Crippen molar-refractivity contribution in [3.8, 4) is 17.1 Å². The van der Waals surface area contributed by atoms with E-state index in [0.717, 1.165) is 61.8 Å². The van der Waals surface area contributed by atoms with Crippen LogP contribution in [0.15, 0.2) is 96.9 Å². The minimum Gasteiger partial charge on any atom is -0.479 e. The van der Waals surface area contributed by atoms with Crippen LogP contribution in [0, 0.1) is 45.3 Å². The number of anilines is 2. The number of amides is 3. The second kappa shape index (κ2) is 22.1. The van der Waals surface area contributed by atoms with Crippen molar-refractivity contribution in [2.45, 2.75) is 127 Å². The molecule has 448 valence electrons.